The maximum atomic E-state index is 13.1. The number of rotatable bonds is 1. The number of benzene rings is 2. The van der Waals surface area contributed by atoms with Crippen molar-refractivity contribution in [3.63, 3.8) is 0 Å². The lowest BCUT2D eigenvalue weighted by atomic mass is 10.2. The van der Waals surface area contributed by atoms with Gasteiger partial charge in [0.15, 0.2) is 11.6 Å². The lowest BCUT2D eigenvalue weighted by Crippen LogP contribution is -1.83. The molecular formula is C13H6BrF3N2. The van der Waals surface area contributed by atoms with Crippen LogP contribution in [0.4, 0.5) is 13.2 Å². The van der Waals surface area contributed by atoms with E-state index in [-0.39, 0.29) is 5.82 Å². The number of nitrogens with one attached hydrogen (secondary N) is 1. The minimum atomic E-state index is -0.955. The lowest BCUT2D eigenvalue weighted by molar-refractivity contribution is 0.510. The van der Waals surface area contributed by atoms with E-state index in [0.29, 0.717) is 26.9 Å². The molecule has 2 nitrogen and oxygen atoms in total. The van der Waals surface area contributed by atoms with Crippen LogP contribution >= 0.6 is 15.9 Å². The van der Waals surface area contributed by atoms with Gasteiger partial charge < -0.3 is 4.98 Å². The SMILES string of the molecule is Fc1ccc(-c2nc3cc(F)c(F)cc3[nH]2)c(Br)c1. The van der Waals surface area contributed by atoms with Gasteiger partial charge in [-0.05, 0) is 34.1 Å². The Morgan fingerprint density at radius 2 is 1.74 bits per heavy atom. The Morgan fingerprint density at radius 1 is 1.00 bits per heavy atom. The van der Waals surface area contributed by atoms with Gasteiger partial charge in [-0.2, -0.15) is 0 Å². The van der Waals surface area contributed by atoms with E-state index in [1.807, 2.05) is 0 Å². The Bertz CT molecular complexity index is 744. The van der Waals surface area contributed by atoms with Crippen molar-refractivity contribution in [3.8, 4) is 11.4 Å². The van der Waals surface area contributed by atoms with Crippen LogP contribution in [0.25, 0.3) is 22.4 Å². The minimum absolute atomic E-state index is 0.310. The normalized spacial score (nSPS) is 11.2. The predicted molar refractivity (Wildman–Crippen MR) is 69.1 cm³/mol. The summed E-state index contributed by atoms with van der Waals surface area (Å²) >= 11 is 3.22. The van der Waals surface area contributed by atoms with Crippen molar-refractivity contribution in [1.82, 2.24) is 9.97 Å². The molecule has 0 aliphatic carbocycles. The molecule has 2 aromatic carbocycles. The van der Waals surface area contributed by atoms with Gasteiger partial charge >= 0.3 is 0 Å². The quantitative estimate of drug-likeness (QED) is 0.705. The number of nitrogens with zero attached hydrogens (tertiary/aromatic N) is 1. The van der Waals surface area contributed by atoms with Crippen molar-refractivity contribution in [3.05, 3.63) is 52.3 Å². The van der Waals surface area contributed by atoms with Gasteiger partial charge in [0.1, 0.15) is 11.6 Å². The third-order valence-electron chi connectivity index (χ3n) is 2.71. The fraction of sp³-hybridized carbons (Fsp3) is 0. The fourth-order valence-electron chi connectivity index (χ4n) is 1.81. The highest BCUT2D eigenvalue weighted by Gasteiger charge is 2.12. The molecule has 0 unspecified atom stereocenters. The van der Waals surface area contributed by atoms with Crippen molar-refractivity contribution in [1.29, 1.82) is 0 Å². The first kappa shape index (κ1) is 12.2. The number of hydrogen-bond acceptors (Lipinski definition) is 1. The lowest BCUT2D eigenvalue weighted by Gasteiger charge is -2.00. The van der Waals surface area contributed by atoms with Crippen molar-refractivity contribution in [2.45, 2.75) is 0 Å². The molecule has 0 fully saturated rings. The average molecular weight is 327 g/mol. The molecule has 1 N–H and O–H groups in total. The summed E-state index contributed by atoms with van der Waals surface area (Å²) in [5.41, 5.74) is 1.30. The van der Waals surface area contributed by atoms with Crippen LogP contribution in [0.5, 0.6) is 0 Å². The Hall–Kier alpha value is -1.82. The largest absolute Gasteiger partial charge is 0.338 e. The van der Waals surface area contributed by atoms with Crippen molar-refractivity contribution >= 4 is 27.0 Å². The van der Waals surface area contributed by atoms with Gasteiger partial charge in [0.2, 0.25) is 0 Å². The molecule has 0 spiro atoms. The number of fused-ring (bicyclic) bond motifs is 1. The summed E-state index contributed by atoms with van der Waals surface area (Å²) in [5, 5.41) is 0. The number of hydrogen-bond donors (Lipinski definition) is 1. The highest BCUT2D eigenvalue weighted by molar-refractivity contribution is 9.10. The maximum Gasteiger partial charge on any atom is 0.161 e. The summed E-state index contributed by atoms with van der Waals surface area (Å²) in [4.78, 5) is 7.03. The molecule has 0 radical (unpaired) electrons. The first-order valence-electron chi connectivity index (χ1n) is 5.35. The summed E-state index contributed by atoms with van der Waals surface area (Å²) in [5.74, 6) is -1.87. The van der Waals surface area contributed by atoms with Crippen LogP contribution in [-0.4, -0.2) is 9.97 Å². The summed E-state index contributed by atoms with van der Waals surface area (Å²) in [6.07, 6.45) is 0. The summed E-state index contributed by atoms with van der Waals surface area (Å²) in [7, 11) is 0. The van der Waals surface area contributed by atoms with E-state index in [1.54, 1.807) is 0 Å². The fourth-order valence-corrected chi connectivity index (χ4v) is 2.35. The van der Waals surface area contributed by atoms with Gasteiger partial charge in [-0.15, -0.1) is 0 Å². The average Bonchev–Trinajstić information content (AvgIpc) is 2.72. The molecule has 0 aliphatic rings. The third-order valence-corrected chi connectivity index (χ3v) is 3.37. The van der Waals surface area contributed by atoms with Gasteiger partial charge in [-0.1, -0.05) is 0 Å². The van der Waals surface area contributed by atoms with E-state index in [1.165, 1.54) is 18.2 Å². The topological polar surface area (TPSA) is 28.7 Å². The van der Waals surface area contributed by atoms with E-state index < -0.39 is 11.6 Å². The van der Waals surface area contributed by atoms with Crippen LogP contribution in [-0.2, 0) is 0 Å². The molecule has 3 aromatic rings. The van der Waals surface area contributed by atoms with Gasteiger partial charge in [0.05, 0.1) is 11.0 Å². The van der Waals surface area contributed by atoms with Crippen molar-refractivity contribution in [2.75, 3.05) is 0 Å². The molecule has 1 heterocycles. The van der Waals surface area contributed by atoms with Crippen LogP contribution in [0.15, 0.2) is 34.8 Å². The van der Waals surface area contributed by atoms with E-state index in [2.05, 4.69) is 25.9 Å². The number of halogens is 4. The third kappa shape index (κ3) is 2.12. The minimum Gasteiger partial charge on any atom is -0.338 e. The molecule has 0 bridgehead atoms. The molecule has 96 valence electrons. The maximum absolute atomic E-state index is 13.1. The summed E-state index contributed by atoms with van der Waals surface area (Å²) < 4.78 is 39.7. The van der Waals surface area contributed by atoms with Crippen molar-refractivity contribution in [2.24, 2.45) is 0 Å². The van der Waals surface area contributed by atoms with Gasteiger partial charge in [0, 0.05) is 22.2 Å². The smallest absolute Gasteiger partial charge is 0.161 e. The second-order valence-electron chi connectivity index (χ2n) is 3.99. The molecular weight excluding hydrogens is 321 g/mol. The number of aromatic nitrogens is 2. The molecule has 0 amide bonds. The zero-order valence-electron chi connectivity index (χ0n) is 9.35. The predicted octanol–water partition coefficient (Wildman–Crippen LogP) is 4.41. The van der Waals surface area contributed by atoms with Crippen LogP contribution in [0, 0.1) is 17.5 Å². The van der Waals surface area contributed by atoms with Gasteiger partial charge in [-0.3, -0.25) is 0 Å². The highest BCUT2D eigenvalue weighted by Crippen LogP contribution is 2.29. The van der Waals surface area contributed by atoms with Gasteiger partial charge in [-0.25, -0.2) is 18.2 Å². The molecule has 0 saturated carbocycles. The van der Waals surface area contributed by atoms with E-state index in [0.717, 1.165) is 12.1 Å². The Balaban J connectivity index is 2.20. The van der Waals surface area contributed by atoms with Crippen LogP contribution in [0.2, 0.25) is 0 Å². The second kappa shape index (κ2) is 4.38. The van der Waals surface area contributed by atoms with Gasteiger partial charge in [0.25, 0.3) is 0 Å². The van der Waals surface area contributed by atoms with E-state index in [4.69, 9.17) is 0 Å². The monoisotopic (exact) mass is 326 g/mol. The zero-order valence-corrected chi connectivity index (χ0v) is 10.9. The first-order valence-corrected chi connectivity index (χ1v) is 6.14. The standard InChI is InChI=1S/C13H6BrF3N2/c14-8-3-6(15)1-2-7(8)13-18-11-4-9(16)10(17)5-12(11)19-13/h1-5H,(H,18,19). The molecule has 0 atom stereocenters. The molecule has 1 aromatic heterocycles. The first-order chi connectivity index (χ1) is 9.04. The van der Waals surface area contributed by atoms with E-state index in [9.17, 15) is 13.2 Å². The highest BCUT2D eigenvalue weighted by atomic mass is 79.9. The van der Waals surface area contributed by atoms with Crippen LogP contribution in [0.3, 0.4) is 0 Å². The molecule has 3 rings (SSSR count). The number of H-pyrrole nitrogens is 1. The zero-order chi connectivity index (χ0) is 13.6. The van der Waals surface area contributed by atoms with Crippen LogP contribution < -0.4 is 0 Å². The van der Waals surface area contributed by atoms with Crippen molar-refractivity contribution < 1.29 is 13.2 Å². The molecule has 0 aliphatic heterocycles. The summed E-state index contributed by atoms with van der Waals surface area (Å²) in [6.45, 7) is 0. The Kier molecular flexibility index (Phi) is 2.82. The Labute approximate surface area is 114 Å². The number of aromatic amines is 1. The summed E-state index contributed by atoms with van der Waals surface area (Å²) in [6, 6.07) is 6.17. The van der Waals surface area contributed by atoms with E-state index >= 15 is 0 Å². The molecule has 0 saturated heterocycles. The Morgan fingerprint density at radius 3 is 2.47 bits per heavy atom. The second-order valence-corrected chi connectivity index (χ2v) is 4.85. The van der Waals surface area contributed by atoms with Crippen LogP contribution in [0.1, 0.15) is 0 Å². The number of imidazole rings is 1. The molecule has 6 heteroatoms. The molecule has 19 heavy (non-hydrogen) atoms.